The molecule has 0 bridgehead atoms. The topological polar surface area (TPSA) is 85.2 Å². The van der Waals surface area contributed by atoms with Gasteiger partial charge in [-0.2, -0.15) is 4.98 Å². The molecule has 1 amide bonds. The molecule has 0 aromatic carbocycles. The molecular weight excluding hydrogens is 268 g/mol. The fourth-order valence-corrected chi connectivity index (χ4v) is 3.49. The number of hydrogen-bond donors (Lipinski definition) is 1. The summed E-state index contributed by atoms with van der Waals surface area (Å²) in [6.07, 6.45) is 7.59. The Morgan fingerprint density at radius 3 is 2.86 bits per heavy atom. The van der Waals surface area contributed by atoms with Crippen molar-refractivity contribution in [1.29, 1.82) is 0 Å². The van der Waals surface area contributed by atoms with E-state index < -0.39 is 5.54 Å². The van der Waals surface area contributed by atoms with E-state index in [4.69, 9.17) is 10.3 Å². The van der Waals surface area contributed by atoms with Crippen LogP contribution < -0.4 is 5.73 Å². The lowest BCUT2D eigenvalue weighted by Gasteiger charge is -2.33. The number of nitrogens with zero attached hydrogens (tertiary/aromatic N) is 3. The molecule has 2 heterocycles. The van der Waals surface area contributed by atoms with Gasteiger partial charge in [0.1, 0.15) is 6.04 Å². The molecule has 1 aliphatic carbocycles. The van der Waals surface area contributed by atoms with Gasteiger partial charge in [-0.1, -0.05) is 24.9 Å². The van der Waals surface area contributed by atoms with Crippen LogP contribution >= 0.6 is 0 Å². The summed E-state index contributed by atoms with van der Waals surface area (Å²) in [5.74, 6) is 1.33. The van der Waals surface area contributed by atoms with Gasteiger partial charge in [0.2, 0.25) is 11.8 Å². The Bertz CT molecular complexity index is 508. The normalized spacial score (nSPS) is 25.2. The van der Waals surface area contributed by atoms with Crippen LogP contribution in [0.5, 0.6) is 0 Å². The predicted molar refractivity (Wildman–Crippen MR) is 77.2 cm³/mol. The number of rotatable bonds is 3. The van der Waals surface area contributed by atoms with Crippen molar-refractivity contribution in [3.8, 4) is 0 Å². The van der Waals surface area contributed by atoms with Crippen LogP contribution in [0.3, 0.4) is 0 Å². The second-order valence-corrected chi connectivity index (χ2v) is 6.27. The van der Waals surface area contributed by atoms with E-state index in [0.717, 1.165) is 51.5 Å². The van der Waals surface area contributed by atoms with Gasteiger partial charge in [-0.25, -0.2) is 0 Å². The molecule has 1 atom stereocenters. The van der Waals surface area contributed by atoms with E-state index in [1.165, 1.54) is 0 Å². The largest absolute Gasteiger partial charge is 0.337 e. The second-order valence-electron chi connectivity index (χ2n) is 6.27. The molecule has 3 rings (SSSR count). The van der Waals surface area contributed by atoms with Crippen LogP contribution in [0.25, 0.3) is 0 Å². The van der Waals surface area contributed by atoms with Crippen LogP contribution in [-0.4, -0.2) is 27.5 Å². The van der Waals surface area contributed by atoms with Crippen LogP contribution in [0, 0.1) is 0 Å². The summed E-state index contributed by atoms with van der Waals surface area (Å²) in [7, 11) is 0. The Hall–Kier alpha value is -1.43. The first-order valence-corrected chi connectivity index (χ1v) is 8.06. The molecule has 6 heteroatoms. The zero-order valence-electron chi connectivity index (χ0n) is 12.7. The third-order valence-electron chi connectivity index (χ3n) is 4.79. The molecule has 2 N–H and O–H groups in total. The van der Waals surface area contributed by atoms with Crippen molar-refractivity contribution in [3.63, 3.8) is 0 Å². The maximum Gasteiger partial charge on any atom is 0.249 e. The molecule has 116 valence electrons. The Labute approximate surface area is 125 Å². The molecular formula is C15H24N4O2. The fourth-order valence-electron chi connectivity index (χ4n) is 3.49. The minimum absolute atomic E-state index is 0.0718. The summed E-state index contributed by atoms with van der Waals surface area (Å²) in [5, 5.41) is 4.12. The summed E-state index contributed by atoms with van der Waals surface area (Å²) in [5.41, 5.74) is 5.94. The Kier molecular flexibility index (Phi) is 3.97. The monoisotopic (exact) mass is 292 g/mol. The zero-order valence-corrected chi connectivity index (χ0v) is 12.7. The van der Waals surface area contributed by atoms with Crippen LogP contribution in [0.4, 0.5) is 0 Å². The highest BCUT2D eigenvalue weighted by Gasteiger charge is 2.38. The van der Waals surface area contributed by atoms with Crippen molar-refractivity contribution >= 4 is 5.91 Å². The minimum Gasteiger partial charge on any atom is -0.337 e. The van der Waals surface area contributed by atoms with E-state index >= 15 is 0 Å². The van der Waals surface area contributed by atoms with Crippen LogP contribution in [-0.2, 0) is 10.3 Å². The third kappa shape index (κ3) is 2.69. The smallest absolute Gasteiger partial charge is 0.249 e. The van der Waals surface area contributed by atoms with Gasteiger partial charge in [0.05, 0.1) is 5.54 Å². The highest BCUT2D eigenvalue weighted by Crippen LogP contribution is 2.36. The van der Waals surface area contributed by atoms with Gasteiger partial charge in [0.15, 0.2) is 5.82 Å². The summed E-state index contributed by atoms with van der Waals surface area (Å²) in [6.45, 7) is 2.67. The van der Waals surface area contributed by atoms with Gasteiger partial charge in [-0.3, -0.25) is 4.79 Å². The average Bonchev–Trinajstić information content (AvgIpc) is 3.16. The van der Waals surface area contributed by atoms with Gasteiger partial charge in [0, 0.05) is 13.0 Å². The number of aromatic nitrogens is 2. The minimum atomic E-state index is -0.435. The quantitative estimate of drug-likeness (QED) is 0.923. The number of nitrogens with two attached hydrogens (primary N) is 1. The lowest BCUT2D eigenvalue weighted by atomic mass is 9.98. The number of piperidine rings is 1. The summed E-state index contributed by atoms with van der Waals surface area (Å²) < 4.78 is 5.47. The molecule has 1 unspecified atom stereocenters. The van der Waals surface area contributed by atoms with E-state index in [1.54, 1.807) is 0 Å². The first kappa shape index (κ1) is 14.5. The number of carbonyl (C=O) groups is 1. The lowest BCUT2D eigenvalue weighted by Crippen LogP contribution is -2.38. The van der Waals surface area contributed by atoms with Crippen molar-refractivity contribution in [3.05, 3.63) is 11.7 Å². The maximum atomic E-state index is 12.1. The molecule has 0 spiro atoms. The molecule has 1 aromatic rings. The third-order valence-corrected chi connectivity index (χ3v) is 4.79. The Balaban J connectivity index is 1.82. The van der Waals surface area contributed by atoms with Gasteiger partial charge >= 0.3 is 0 Å². The van der Waals surface area contributed by atoms with Crippen molar-refractivity contribution in [2.45, 2.75) is 69.9 Å². The standard InChI is InChI=1S/C15H24N4O2/c1-2-12(20)19-10-6-3-7-11(19)13-17-14(18-21-13)15(16)8-4-5-9-15/h11H,2-10,16H2,1H3. The van der Waals surface area contributed by atoms with Crippen LogP contribution in [0.2, 0.25) is 0 Å². The summed E-state index contributed by atoms with van der Waals surface area (Å²) in [4.78, 5) is 18.5. The van der Waals surface area contributed by atoms with E-state index in [1.807, 2.05) is 11.8 Å². The predicted octanol–water partition coefficient (Wildman–Crippen LogP) is 2.26. The lowest BCUT2D eigenvalue weighted by molar-refractivity contribution is -0.135. The molecule has 2 aliphatic rings. The highest BCUT2D eigenvalue weighted by atomic mass is 16.5. The molecule has 1 aromatic heterocycles. The Morgan fingerprint density at radius 2 is 2.14 bits per heavy atom. The molecule has 1 saturated heterocycles. The molecule has 1 saturated carbocycles. The molecule has 1 aliphatic heterocycles. The molecule has 2 fully saturated rings. The number of carbonyl (C=O) groups excluding carboxylic acids is 1. The molecule has 0 radical (unpaired) electrons. The van der Waals surface area contributed by atoms with Crippen molar-refractivity contribution in [2.75, 3.05) is 6.54 Å². The van der Waals surface area contributed by atoms with Crippen molar-refractivity contribution < 1.29 is 9.32 Å². The first-order chi connectivity index (χ1) is 10.1. The molecule has 21 heavy (non-hydrogen) atoms. The molecule has 6 nitrogen and oxygen atoms in total. The first-order valence-electron chi connectivity index (χ1n) is 8.06. The highest BCUT2D eigenvalue weighted by molar-refractivity contribution is 5.76. The SMILES string of the molecule is CCC(=O)N1CCCCC1c1nc(C2(N)CCCC2)no1. The van der Waals surface area contributed by atoms with Crippen LogP contribution in [0.1, 0.15) is 76.0 Å². The fraction of sp³-hybridized carbons (Fsp3) is 0.800. The van der Waals surface area contributed by atoms with Crippen molar-refractivity contribution in [2.24, 2.45) is 5.73 Å². The van der Waals surface area contributed by atoms with E-state index in [9.17, 15) is 4.79 Å². The second kappa shape index (κ2) is 5.75. The van der Waals surface area contributed by atoms with Gasteiger partial charge in [-0.15, -0.1) is 0 Å². The van der Waals surface area contributed by atoms with Crippen molar-refractivity contribution in [1.82, 2.24) is 15.0 Å². The average molecular weight is 292 g/mol. The van der Waals surface area contributed by atoms with E-state index in [2.05, 4.69) is 10.1 Å². The number of hydrogen-bond acceptors (Lipinski definition) is 5. The van der Waals surface area contributed by atoms with Gasteiger partial charge in [-0.05, 0) is 32.1 Å². The van der Waals surface area contributed by atoms with Gasteiger partial charge in [0.25, 0.3) is 0 Å². The van der Waals surface area contributed by atoms with Crippen LogP contribution in [0.15, 0.2) is 4.52 Å². The van der Waals surface area contributed by atoms with Gasteiger partial charge < -0.3 is 15.2 Å². The Morgan fingerprint density at radius 1 is 1.38 bits per heavy atom. The number of amides is 1. The van der Waals surface area contributed by atoms with E-state index in [0.29, 0.717) is 18.1 Å². The maximum absolute atomic E-state index is 12.1. The summed E-state index contributed by atoms with van der Waals surface area (Å²) >= 11 is 0. The van der Waals surface area contributed by atoms with E-state index in [-0.39, 0.29) is 11.9 Å². The summed E-state index contributed by atoms with van der Waals surface area (Å²) in [6, 6.07) is -0.0718. The zero-order chi connectivity index (χ0) is 14.9. The number of likely N-dealkylation sites (tertiary alicyclic amines) is 1.